The quantitative estimate of drug-likeness (QED) is 0.721. The Hall–Kier alpha value is -3.41. The number of aromatic nitrogens is 1. The molecule has 1 atom stereocenters. The topological polar surface area (TPSA) is 81.4 Å². The van der Waals surface area contributed by atoms with Crippen molar-refractivity contribution in [2.75, 3.05) is 5.32 Å². The maximum Gasteiger partial charge on any atom is 0.339 e. The molecule has 0 aliphatic heterocycles. The predicted octanol–water partition coefficient (Wildman–Crippen LogP) is 3.52. The molecule has 0 aliphatic carbocycles. The van der Waals surface area contributed by atoms with Gasteiger partial charge in [-0.2, -0.15) is 0 Å². The number of ether oxygens (including phenoxy) is 1. The average molecular weight is 336 g/mol. The summed E-state index contributed by atoms with van der Waals surface area (Å²) in [4.78, 5) is 25.0. The summed E-state index contributed by atoms with van der Waals surface area (Å²) in [5.41, 5.74) is 0.929. The summed E-state index contributed by atoms with van der Waals surface area (Å²) in [6, 6.07) is 18.9. The zero-order chi connectivity index (χ0) is 17.6. The minimum Gasteiger partial charge on any atom is -0.444 e. The smallest absolute Gasteiger partial charge is 0.339 e. The van der Waals surface area contributed by atoms with E-state index in [1.165, 1.54) is 0 Å². The van der Waals surface area contributed by atoms with Crippen LogP contribution in [0.3, 0.4) is 0 Å². The van der Waals surface area contributed by atoms with Crippen LogP contribution >= 0.6 is 0 Å². The van der Waals surface area contributed by atoms with Crippen LogP contribution in [0.4, 0.5) is 5.82 Å². The first-order chi connectivity index (χ1) is 12.1. The second-order valence-corrected chi connectivity index (χ2v) is 5.37. The van der Waals surface area contributed by atoms with Crippen LogP contribution < -0.4 is 5.32 Å². The van der Waals surface area contributed by atoms with Gasteiger partial charge in [-0.25, -0.2) is 4.79 Å². The molecule has 0 bridgehead atoms. The number of anilines is 1. The summed E-state index contributed by atoms with van der Waals surface area (Å²) in [5, 5.41) is 6.32. The molecule has 126 valence electrons. The van der Waals surface area contributed by atoms with Gasteiger partial charge in [0.1, 0.15) is 5.76 Å². The van der Waals surface area contributed by atoms with Crippen molar-refractivity contribution in [2.45, 2.75) is 13.0 Å². The molecule has 0 spiro atoms. The first kappa shape index (κ1) is 16.4. The number of rotatable bonds is 5. The summed E-state index contributed by atoms with van der Waals surface area (Å²) in [6.07, 6.45) is -1.11. The molecule has 0 saturated carbocycles. The van der Waals surface area contributed by atoms with E-state index in [0.29, 0.717) is 16.9 Å². The summed E-state index contributed by atoms with van der Waals surface area (Å²) >= 11 is 0. The van der Waals surface area contributed by atoms with Crippen molar-refractivity contribution in [3.05, 3.63) is 83.6 Å². The second-order valence-electron chi connectivity index (χ2n) is 5.37. The Kier molecular flexibility index (Phi) is 4.89. The molecule has 0 fully saturated rings. The van der Waals surface area contributed by atoms with Gasteiger partial charge in [0.05, 0.1) is 5.56 Å². The van der Waals surface area contributed by atoms with Gasteiger partial charge in [0.2, 0.25) is 6.10 Å². The number of esters is 1. The Morgan fingerprint density at radius 2 is 1.68 bits per heavy atom. The van der Waals surface area contributed by atoms with Gasteiger partial charge in [0.25, 0.3) is 5.91 Å². The van der Waals surface area contributed by atoms with E-state index in [2.05, 4.69) is 10.5 Å². The fraction of sp³-hybridized carbons (Fsp3) is 0.105. The third-order valence-corrected chi connectivity index (χ3v) is 3.45. The van der Waals surface area contributed by atoms with Crippen LogP contribution in [0, 0.1) is 6.92 Å². The zero-order valence-electron chi connectivity index (χ0n) is 13.5. The van der Waals surface area contributed by atoms with Crippen molar-refractivity contribution in [3.63, 3.8) is 0 Å². The van der Waals surface area contributed by atoms with E-state index in [9.17, 15) is 9.59 Å². The Morgan fingerprint density at radius 1 is 1.04 bits per heavy atom. The lowest BCUT2D eigenvalue weighted by Gasteiger charge is -2.17. The first-order valence-corrected chi connectivity index (χ1v) is 7.68. The maximum atomic E-state index is 12.6. The number of aryl methyl sites for hydroxylation is 1. The molecule has 6 heteroatoms. The van der Waals surface area contributed by atoms with Crippen LogP contribution in [0.2, 0.25) is 0 Å². The highest BCUT2D eigenvalue weighted by molar-refractivity contribution is 5.97. The number of hydrogen-bond acceptors (Lipinski definition) is 5. The number of benzene rings is 2. The van der Waals surface area contributed by atoms with Crippen molar-refractivity contribution >= 4 is 17.7 Å². The van der Waals surface area contributed by atoms with Gasteiger partial charge in [0, 0.05) is 11.6 Å². The predicted molar refractivity (Wildman–Crippen MR) is 90.9 cm³/mol. The molecule has 1 heterocycles. The standard InChI is InChI=1S/C19H16N2O4/c1-13-12-16(21-25-13)20-18(22)17(14-8-4-2-5-9-14)24-19(23)15-10-6-3-7-11-15/h2-12,17H,1H3,(H,20,21,22)/t17-/m0/s1. The number of hydrogen-bond donors (Lipinski definition) is 1. The van der Waals surface area contributed by atoms with Crippen LogP contribution in [0.1, 0.15) is 27.8 Å². The van der Waals surface area contributed by atoms with E-state index in [1.54, 1.807) is 67.6 Å². The molecule has 0 saturated heterocycles. The second kappa shape index (κ2) is 7.44. The van der Waals surface area contributed by atoms with Gasteiger partial charge in [0.15, 0.2) is 5.82 Å². The van der Waals surface area contributed by atoms with Crippen LogP contribution in [0.5, 0.6) is 0 Å². The van der Waals surface area contributed by atoms with Gasteiger partial charge < -0.3 is 14.6 Å². The number of carbonyl (C=O) groups excluding carboxylic acids is 2. The molecule has 25 heavy (non-hydrogen) atoms. The highest BCUT2D eigenvalue weighted by atomic mass is 16.5. The Morgan fingerprint density at radius 3 is 2.28 bits per heavy atom. The maximum absolute atomic E-state index is 12.6. The molecule has 2 aromatic carbocycles. The third kappa shape index (κ3) is 4.11. The van der Waals surface area contributed by atoms with Crippen LogP contribution in [0.25, 0.3) is 0 Å². The van der Waals surface area contributed by atoms with Crippen LogP contribution in [-0.4, -0.2) is 17.0 Å². The highest BCUT2D eigenvalue weighted by Gasteiger charge is 2.26. The first-order valence-electron chi connectivity index (χ1n) is 7.68. The molecule has 1 N–H and O–H groups in total. The Balaban J connectivity index is 1.82. The number of nitrogens with zero attached hydrogens (tertiary/aromatic N) is 1. The van der Waals surface area contributed by atoms with Gasteiger partial charge in [-0.05, 0) is 19.1 Å². The number of amides is 1. The van der Waals surface area contributed by atoms with Crippen molar-refractivity contribution in [2.24, 2.45) is 0 Å². The van der Waals surface area contributed by atoms with E-state index in [1.807, 2.05) is 6.07 Å². The van der Waals surface area contributed by atoms with Crippen LogP contribution in [-0.2, 0) is 9.53 Å². The van der Waals surface area contributed by atoms with Crippen molar-refractivity contribution < 1.29 is 18.8 Å². The zero-order valence-corrected chi connectivity index (χ0v) is 13.5. The van der Waals surface area contributed by atoms with E-state index in [-0.39, 0.29) is 5.82 Å². The average Bonchev–Trinajstić information content (AvgIpc) is 3.05. The lowest BCUT2D eigenvalue weighted by atomic mass is 10.1. The SMILES string of the molecule is Cc1cc(NC(=O)[C@@H](OC(=O)c2ccccc2)c2ccccc2)no1. The van der Waals surface area contributed by atoms with E-state index in [4.69, 9.17) is 9.26 Å². The molecule has 0 radical (unpaired) electrons. The number of nitrogens with one attached hydrogen (secondary N) is 1. The minimum atomic E-state index is -1.11. The Labute approximate surface area is 144 Å². The van der Waals surface area contributed by atoms with Crippen molar-refractivity contribution in [1.29, 1.82) is 0 Å². The third-order valence-electron chi connectivity index (χ3n) is 3.45. The van der Waals surface area contributed by atoms with Gasteiger partial charge in [-0.3, -0.25) is 4.79 Å². The van der Waals surface area contributed by atoms with E-state index in [0.717, 1.165) is 0 Å². The van der Waals surface area contributed by atoms with Crippen LogP contribution in [0.15, 0.2) is 71.3 Å². The summed E-state index contributed by atoms with van der Waals surface area (Å²) in [7, 11) is 0. The normalized spacial score (nSPS) is 11.6. The Bertz CT molecular complexity index is 859. The fourth-order valence-electron chi connectivity index (χ4n) is 2.27. The van der Waals surface area contributed by atoms with Gasteiger partial charge in [-0.15, -0.1) is 0 Å². The molecular weight excluding hydrogens is 320 g/mol. The lowest BCUT2D eigenvalue weighted by molar-refractivity contribution is -0.125. The molecule has 3 aromatic rings. The molecule has 1 aromatic heterocycles. The molecular formula is C19H16N2O4. The van der Waals surface area contributed by atoms with Crippen molar-refractivity contribution in [1.82, 2.24) is 5.16 Å². The van der Waals surface area contributed by atoms with Gasteiger partial charge >= 0.3 is 5.97 Å². The van der Waals surface area contributed by atoms with E-state index >= 15 is 0 Å². The molecule has 3 rings (SSSR count). The summed E-state index contributed by atoms with van der Waals surface area (Å²) in [5.74, 6) is -0.267. The molecule has 0 unspecified atom stereocenters. The summed E-state index contributed by atoms with van der Waals surface area (Å²) < 4.78 is 10.4. The van der Waals surface area contributed by atoms with Crippen molar-refractivity contribution in [3.8, 4) is 0 Å². The highest BCUT2D eigenvalue weighted by Crippen LogP contribution is 2.21. The minimum absolute atomic E-state index is 0.263. The monoisotopic (exact) mass is 336 g/mol. The lowest BCUT2D eigenvalue weighted by Crippen LogP contribution is -2.26. The molecule has 6 nitrogen and oxygen atoms in total. The molecule has 0 aliphatic rings. The van der Waals surface area contributed by atoms with E-state index < -0.39 is 18.0 Å². The largest absolute Gasteiger partial charge is 0.444 e. The molecule has 1 amide bonds. The fourth-order valence-corrected chi connectivity index (χ4v) is 2.27. The van der Waals surface area contributed by atoms with Gasteiger partial charge in [-0.1, -0.05) is 53.7 Å². The number of carbonyl (C=O) groups is 2. The summed E-state index contributed by atoms with van der Waals surface area (Å²) in [6.45, 7) is 1.72.